The number of piperazine rings is 1. The normalized spacial score (nSPS) is 20.2. The number of nitrogens with one attached hydrogen (secondary N) is 1. The zero-order chi connectivity index (χ0) is 23.3. The van der Waals surface area contributed by atoms with Gasteiger partial charge in [-0.25, -0.2) is 4.79 Å². The third-order valence-corrected chi connectivity index (χ3v) is 6.58. The number of methoxy groups -OCH3 is 1. The van der Waals surface area contributed by atoms with Gasteiger partial charge in [-0.05, 0) is 35.2 Å². The number of hydrogen-bond donors (Lipinski definition) is 1. The van der Waals surface area contributed by atoms with Crippen molar-refractivity contribution < 1.29 is 19.1 Å². The van der Waals surface area contributed by atoms with E-state index in [4.69, 9.17) is 4.74 Å². The Balaban J connectivity index is 1.64. The first-order chi connectivity index (χ1) is 15.9. The molecule has 170 valence electrons. The monoisotopic (exact) mass is 445 g/mol. The fourth-order valence-corrected chi connectivity index (χ4v) is 5.18. The van der Waals surface area contributed by atoms with Gasteiger partial charge in [0, 0.05) is 29.6 Å². The molecule has 2 aliphatic heterocycles. The predicted molar refractivity (Wildman–Crippen MR) is 124 cm³/mol. The number of H-pyrrole nitrogens is 1. The quantitative estimate of drug-likeness (QED) is 0.625. The summed E-state index contributed by atoms with van der Waals surface area (Å²) in [7, 11) is 1.35. The molecule has 0 bridgehead atoms. The Bertz CT molecular complexity index is 1240. The van der Waals surface area contributed by atoms with Crippen molar-refractivity contribution in [3.63, 3.8) is 0 Å². The van der Waals surface area contributed by atoms with Crippen LogP contribution in [0.15, 0.2) is 48.5 Å². The van der Waals surface area contributed by atoms with Crippen LogP contribution in [-0.2, 0) is 20.7 Å². The molecule has 7 heteroatoms. The minimum absolute atomic E-state index is 0.00425. The van der Waals surface area contributed by atoms with Crippen molar-refractivity contribution in [2.45, 2.75) is 32.4 Å². The zero-order valence-corrected chi connectivity index (χ0v) is 19.0. The minimum atomic E-state index is -0.554. The molecule has 0 spiro atoms. The molecular weight excluding hydrogens is 418 g/mol. The highest BCUT2D eigenvalue weighted by Gasteiger charge is 2.48. The van der Waals surface area contributed by atoms with Gasteiger partial charge in [0.25, 0.3) is 0 Å². The molecule has 2 amide bonds. The van der Waals surface area contributed by atoms with Crippen molar-refractivity contribution in [3.8, 4) is 0 Å². The molecule has 5 rings (SSSR count). The maximum absolute atomic E-state index is 13.5. The zero-order valence-electron chi connectivity index (χ0n) is 19.0. The lowest BCUT2D eigenvalue weighted by Crippen LogP contribution is -2.63. The summed E-state index contributed by atoms with van der Waals surface area (Å²) in [6.45, 7) is 4.75. The standard InChI is InChI=1S/C26H27N3O4/c1-15(2)13-28-14-22(30)29-21(25(28)31)12-19-18-6-4-5-7-20(18)27-23(19)24(29)16-8-10-17(11-9-16)26(32)33-3/h4-11,15,21,24,27H,12-14H2,1-3H3/t21-,24+/m0/s1. The van der Waals surface area contributed by atoms with Gasteiger partial charge in [-0.1, -0.05) is 44.2 Å². The van der Waals surface area contributed by atoms with Crippen molar-refractivity contribution in [2.75, 3.05) is 20.2 Å². The SMILES string of the molecule is COC(=O)c1ccc([C@@H]2c3[nH]c4ccccc4c3C[C@H]3C(=O)N(CC(C)C)CC(=O)N23)cc1. The predicted octanol–water partition coefficient (Wildman–Crippen LogP) is 3.30. The molecule has 3 heterocycles. The lowest BCUT2D eigenvalue weighted by Gasteiger charge is -2.47. The molecule has 0 radical (unpaired) electrons. The second-order valence-corrected chi connectivity index (χ2v) is 9.21. The third-order valence-electron chi connectivity index (χ3n) is 6.58. The maximum Gasteiger partial charge on any atom is 0.337 e. The van der Waals surface area contributed by atoms with E-state index < -0.39 is 18.1 Å². The Labute approximate surface area is 192 Å². The van der Waals surface area contributed by atoms with Crippen molar-refractivity contribution in [3.05, 3.63) is 70.9 Å². The number of carbonyl (C=O) groups excluding carboxylic acids is 3. The summed E-state index contributed by atoms with van der Waals surface area (Å²) < 4.78 is 4.82. The topological polar surface area (TPSA) is 82.7 Å². The van der Waals surface area contributed by atoms with E-state index >= 15 is 0 Å². The Morgan fingerprint density at radius 3 is 2.55 bits per heavy atom. The maximum atomic E-state index is 13.5. The number of aromatic nitrogens is 1. The summed E-state index contributed by atoms with van der Waals surface area (Å²) in [5, 5.41) is 1.07. The number of esters is 1. The van der Waals surface area contributed by atoms with Gasteiger partial charge in [-0.2, -0.15) is 0 Å². The lowest BCUT2D eigenvalue weighted by atomic mass is 9.86. The van der Waals surface area contributed by atoms with Crippen LogP contribution in [0.1, 0.15) is 47.1 Å². The highest BCUT2D eigenvalue weighted by molar-refractivity contribution is 5.97. The Morgan fingerprint density at radius 2 is 1.85 bits per heavy atom. The van der Waals surface area contributed by atoms with Crippen LogP contribution < -0.4 is 0 Å². The van der Waals surface area contributed by atoms with E-state index in [-0.39, 0.29) is 24.3 Å². The highest BCUT2D eigenvalue weighted by Crippen LogP contribution is 2.42. The lowest BCUT2D eigenvalue weighted by molar-refractivity contribution is -0.159. The summed E-state index contributed by atoms with van der Waals surface area (Å²) >= 11 is 0. The summed E-state index contributed by atoms with van der Waals surface area (Å²) in [4.78, 5) is 45.8. The number of fused-ring (bicyclic) bond motifs is 4. The molecule has 2 aromatic carbocycles. The van der Waals surface area contributed by atoms with Gasteiger partial charge in [-0.3, -0.25) is 9.59 Å². The minimum Gasteiger partial charge on any atom is -0.465 e. The Kier molecular flexibility index (Phi) is 5.19. The van der Waals surface area contributed by atoms with Crippen LogP contribution in [0.3, 0.4) is 0 Å². The van der Waals surface area contributed by atoms with Gasteiger partial charge in [0.2, 0.25) is 11.8 Å². The van der Waals surface area contributed by atoms with Crippen LogP contribution in [-0.4, -0.2) is 58.8 Å². The number of hydrogen-bond acceptors (Lipinski definition) is 4. The number of rotatable bonds is 4. The van der Waals surface area contributed by atoms with E-state index in [1.807, 2.05) is 30.3 Å². The second kappa shape index (κ2) is 8.06. The van der Waals surface area contributed by atoms with Gasteiger partial charge in [0.1, 0.15) is 6.04 Å². The van der Waals surface area contributed by atoms with Crippen LogP contribution in [0.25, 0.3) is 10.9 Å². The molecule has 1 fully saturated rings. The van der Waals surface area contributed by atoms with Crippen molar-refractivity contribution in [1.82, 2.24) is 14.8 Å². The molecule has 1 saturated heterocycles. The first-order valence-electron chi connectivity index (χ1n) is 11.3. The molecule has 1 aromatic heterocycles. The van der Waals surface area contributed by atoms with E-state index in [2.05, 4.69) is 24.9 Å². The van der Waals surface area contributed by atoms with Gasteiger partial charge >= 0.3 is 5.97 Å². The smallest absolute Gasteiger partial charge is 0.337 e. The van der Waals surface area contributed by atoms with Crippen molar-refractivity contribution in [2.24, 2.45) is 5.92 Å². The molecule has 1 N–H and O–H groups in total. The van der Waals surface area contributed by atoms with Gasteiger partial charge in [0.05, 0.1) is 25.3 Å². The molecule has 2 atom stereocenters. The van der Waals surface area contributed by atoms with Gasteiger partial charge < -0.3 is 19.5 Å². The number of nitrogens with zero attached hydrogens (tertiary/aromatic N) is 2. The second-order valence-electron chi connectivity index (χ2n) is 9.21. The molecule has 3 aromatic rings. The summed E-state index contributed by atoms with van der Waals surface area (Å²) in [6.07, 6.45) is 0.481. The summed E-state index contributed by atoms with van der Waals surface area (Å²) in [5.41, 5.74) is 4.27. The number of benzene rings is 2. The average Bonchev–Trinajstić information content (AvgIpc) is 3.19. The van der Waals surface area contributed by atoms with E-state index in [0.29, 0.717) is 18.5 Å². The van der Waals surface area contributed by atoms with Crippen LogP contribution in [0.4, 0.5) is 0 Å². The third kappa shape index (κ3) is 3.48. The fourth-order valence-electron chi connectivity index (χ4n) is 5.18. The number of ether oxygens (including phenoxy) is 1. The van der Waals surface area contributed by atoms with Crippen LogP contribution in [0.5, 0.6) is 0 Å². The van der Waals surface area contributed by atoms with Crippen molar-refractivity contribution in [1.29, 1.82) is 0 Å². The average molecular weight is 446 g/mol. The summed E-state index contributed by atoms with van der Waals surface area (Å²) in [6, 6.07) is 14.1. The van der Waals surface area contributed by atoms with Gasteiger partial charge in [-0.15, -0.1) is 0 Å². The first kappa shape index (κ1) is 21.2. The fraction of sp³-hybridized carbons (Fsp3) is 0.346. The van der Waals surface area contributed by atoms with Crippen LogP contribution >= 0.6 is 0 Å². The number of aromatic amines is 1. The number of amides is 2. The van der Waals surface area contributed by atoms with Crippen LogP contribution in [0, 0.1) is 5.92 Å². The first-order valence-corrected chi connectivity index (χ1v) is 11.3. The molecule has 7 nitrogen and oxygen atoms in total. The van der Waals surface area contributed by atoms with Crippen LogP contribution in [0.2, 0.25) is 0 Å². The van der Waals surface area contributed by atoms with E-state index in [9.17, 15) is 14.4 Å². The Morgan fingerprint density at radius 1 is 1.12 bits per heavy atom. The summed E-state index contributed by atoms with van der Waals surface area (Å²) in [5.74, 6) is -0.202. The Hall–Kier alpha value is -3.61. The number of para-hydroxylation sites is 1. The largest absolute Gasteiger partial charge is 0.465 e. The van der Waals surface area contributed by atoms with E-state index in [1.54, 1.807) is 21.9 Å². The van der Waals surface area contributed by atoms with E-state index in [0.717, 1.165) is 27.7 Å². The van der Waals surface area contributed by atoms with Crippen molar-refractivity contribution >= 4 is 28.7 Å². The highest BCUT2D eigenvalue weighted by atomic mass is 16.5. The molecular formula is C26H27N3O4. The molecule has 2 aliphatic rings. The number of carbonyl (C=O) groups is 3. The molecule has 33 heavy (non-hydrogen) atoms. The van der Waals surface area contributed by atoms with E-state index in [1.165, 1.54) is 7.11 Å². The molecule has 0 aliphatic carbocycles. The van der Waals surface area contributed by atoms with Gasteiger partial charge in [0.15, 0.2) is 0 Å². The molecule has 0 unspecified atom stereocenters. The molecule has 0 saturated carbocycles.